The molecule has 1 aromatic heterocycles. The van der Waals surface area contributed by atoms with Crippen molar-refractivity contribution in [3.05, 3.63) is 23.9 Å². The molecule has 0 saturated carbocycles. The second kappa shape index (κ2) is 7.24. The first-order chi connectivity index (χ1) is 10.1. The minimum Gasteiger partial charge on any atom is -0.341 e. The van der Waals surface area contributed by atoms with Gasteiger partial charge in [-0.05, 0) is 12.8 Å². The van der Waals surface area contributed by atoms with Crippen LogP contribution in [-0.4, -0.2) is 46.6 Å². The fourth-order valence-electron chi connectivity index (χ4n) is 2.83. The molecule has 1 atom stereocenters. The average molecular weight is 327 g/mol. The van der Waals surface area contributed by atoms with Gasteiger partial charge in [0.15, 0.2) is 5.82 Å². The highest BCUT2D eigenvalue weighted by Crippen LogP contribution is 2.28. The Morgan fingerprint density at radius 1 is 1.41 bits per heavy atom. The van der Waals surface area contributed by atoms with Crippen LogP contribution in [0.3, 0.4) is 0 Å². The van der Waals surface area contributed by atoms with E-state index in [1.54, 1.807) is 0 Å². The predicted molar refractivity (Wildman–Crippen MR) is 85.1 cm³/mol. The van der Waals surface area contributed by atoms with E-state index in [4.69, 9.17) is 4.52 Å². The Labute approximate surface area is 136 Å². The molecule has 1 unspecified atom stereocenters. The van der Waals surface area contributed by atoms with Crippen molar-refractivity contribution in [2.75, 3.05) is 19.6 Å². The molecule has 2 aliphatic heterocycles. The summed E-state index contributed by atoms with van der Waals surface area (Å²) in [5, 5.41) is 7.19. The Balaban J connectivity index is 0.00000176. The second-order valence-electron chi connectivity index (χ2n) is 6.06. The Bertz CT molecular complexity index is 535. The van der Waals surface area contributed by atoms with Crippen molar-refractivity contribution in [3.8, 4) is 0 Å². The minimum atomic E-state index is -0.141. The van der Waals surface area contributed by atoms with E-state index in [2.05, 4.69) is 29.3 Å². The molecule has 3 heterocycles. The van der Waals surface area contributed by atoms with Crippen molar-refractivity contribution in [3.63, 3.8) is 0 Å². The van der Waals surface area contributed by atoms with Gasteiger partial charge in [0.25, 0.3) is 0 Å². The number of likely N-dealkylation sites (tertiary alicyclic amines) is 1. The fraction of sp³-hybridized carbons (Fsp3) is 0.667. The van der Waals surface area contributed by atoms with E-state index in [0.29, 0.717) is 0 Å². The number of rotatable bonds is 3. The summed E-state index contributed by atoms with van der Waals surface area (Å²) in [6, 6.07) is -0.141. The highest BCUT2D eigenvalue weighted by Gasteiger charge is 2.30. The van der Waals surface area contributed by atoms with Crippen LogP contribution in [0.15, 0.2) is 16.7 Å². The zero-order valence-electron chi connectivity index (χ0n) is 13.0. The number of nitrogens with zero attached hydrogens (tertiary/aromatic N) is 3. The molecule has 22 heavy (non-hydrogen) atoms. The zero-order valence-corrected chi connectivity index (χ0v) is 13.8. The molecular formula is C15H23ClN4O2. The van der Waals surface area contributed by atoms with Gasteiger partial charge in [-0.2, -0.15) is 4.98 Å². The maximum atomic E-state index is 12.3. The third-order valence-corrected chi connectivity index (χ3v) is 4.18. The van der Waals surface area contributed by atoms with Crippen LogP contribution in [0.4, 0.5) is 0 Å². The minimum absolute atomic E-state index is 0. The highest BCUT2D eigenvalue weighted by atomic mass is 35.5. The van der Waals surface area contributed by atoms with Crippen LogP contribution in [0.5, 0.6) is 0 Å². The molecule has 1 saturated heterocycles. The smallest absolute Gasteiger partial charge is 0.243 e. The largest absolute Gasteiger partial charge is 0.341 e. The second-order valence-corrected chi connectivity index (χ2v) is 6.06. The van der Waals surface area contributed by atoms with E-state index in [-0.39, 0.29) is 36.2 Å². The van der Waals surface area contributed by atoms with Gasteiger partial charge in [-0.25, -0.2) is 0 Å². The lowest BCUT2D eigenvalue weighted by molar-refractivity contribution is -0.133. The van der Waals surface area contributed by atoms with E-state index < -0.39 is 0 Å². The van der Waals surface area contributed by atoms with Gasteiger partial charge in [0.2, 0.25) is 11.8 Å². The number of halogens is 1. The molecule has 0 aliphatic carbocycles. The monoisotopic (exact) mass is 326 g/mol. The number of amides is 1. The molecule has 0 spiro atoms. The standard InChI is InChI=1S/C15H22N4O2.ClH/c1-10(2)13-17-14(21-18-13)11-5-8-19(9-6-11)15(20)12-4-3-7-16-12;/h3-4,10-12,16H,5-9H2,1-2H3;1H. The number of hydrogen-bond donors (Lipinski definition) is 1. The van der Waals surface area contributed by atoms with Crippen molar-refractivity contribution < 1.29 is 9.32 Å². The molecule has 1 fully saturated rings. The summed E-state index contributed by atoms with van der Waals surface area (Å²) in [5.74, 6) is 2.23. The first-order valence-electron chi connectivity index (χ1n) is 7.67. The van der Waals surface area contributed by atoms with E-state index in [1.807, 2.05) is 17.1 Å². The molecule has 122 valence electrons. The molecule has 1 N–H and O–H groups in total. The lowest BCUT2D eigenvalue weighted by Crippen LogP contribution is -2.46. The molecular weight excluding hydrogens is 304 g/mol. The zero-order chi connectivity index (χ0) is 14.8. The molecule has 7 heteroatoms. The number of aromatic nitrogens is 2. The molecule has 3 rings (SSSR count). The van der Waals surface area contributed by atoms with E-state index >= 15 is 0 Å². The Morgan fingerprint density at radius 2 is 2.14 bits per heavy atom. The summed E-state index contributed by atoms with van der Waals surface area (Å²) < 4.78 is 5.37. The quantitative estimate of drug-likeness (QED) is 0.858. The summed E-state index contributed by atoms with van der Waals surface area (Å²) in [6.45, 7) is 6.41. The van der Waals surface area contributed by atoms with Gasteiger partial charge in [-0.3, -0.25) is 10.1 Å². The van der Waals surface area contributed by atoms with Crippen LogP contribution >= 0.6 is 12.4 Å². The van der Waals surface area contributed by atoms with Gasteiger partial charge in [0.1, 0.15) is 6.04 Å². The van der Waals surface area contributed by atoms with Crippen LogP contribution in [0.1, 0.15) is 50.2 Å². The van der Waals surface area contributed by atoms with Gasteiger partial charge >= 0.3 is 0 Å². The number of hydrogen-bond acceptors (Lipinski definition) is 5. The molecule has 2 aliphatic rings. The van der Waals surface area contributed by atoms with Gasteiger partial charge in [0, 0.05) is 31.5 Å². The van der Waals surface area contributed by atoms with Gasteiger partial charge in [-0.1, -0.05) is 31.2 Å². The first-order valence-corrected chi connectivity index (χ1v) is 7.67. The number of piperidine rings is 1. The Hall–Kier alpha value is -1.40. The fourth-order valence-corrected chi connectivity index (χ4v) is 2.83. The van der Waals surface area contributed by atoms with E-state index in [9.17, 15) is 4.79 Å². The van der Waals surface area contributed by atoms with Gasteiger partial charge < -0.3 is 9.42 Å². The Morgan fingerprint density at radius 3 is 2.68 bits per heavy atom. The summed E-state index contributed by atoms with van der Waals surface area (Å²) in [5.41, 5.74) is 0. The lowest BCUT2D eigenvalue weighted by atomic mass is 9.96. The topological polar surface area (TPSA) is 71.3 Å². The maximum absolute atomic E-state index is 12.3. The maximum Gasteiger partial charge on any atom is 0.243 e. The van der Waals surface area contributed by atoms with Crippen molar-refractivity contribution >= 4 is 18.3 Å². The predicted octanol–water partition coefficient (Wildman–Crippen LogP) is 1.85. The number of carbonyl (C=O) groups excluding carboxylic acids is 1. The van der Waals surface area contributed by atoms with Crippen molar-refractivity contribution in [2.24, 2.45) is 0 Å². The summed E-state index contributed by atoms with van der Waals surface area (Å²) in [7, 11) is 0. The Kier molecular flexibility index (Phi) is 5.58. The van der Waals surface area contributed by atoms with Crippen LogP contribution < -0.4 is 5.32 Å². The normalized spacial score (nSPS) is 22.1. The van der Waals surface area contributed by atoms with Crippen molar-refractivity contribution in [1.82, 2.24) is 20.4 Å². The van der Waals surface area contributed by atoms with E-state index in [0.717, 1.165) is 44.2 Å². The number of carbonyl (C=O) groups is 1. The highest BCUT2D eigenvalue weighted by molar-refractivity contribution is 5.85. The summed E-state index contributed by atoms with van der Waals surface area (Å²) in [4.78, 5) is 18.7. The third kappa shape index (κ3) is 3.50. The van der Waals surface area contributed by atoms with Crippen molar-refractivity contribution in [2.45, 2.75) is 44.6 Å². The van der Waals surface area contributed by atoms with Crippen LogP contribution in [-0.2, 0) is 4.79 Å². The van der Waals surface area contributed by atoms with Crippen LogP contribution in [0.2, 0.25) is 0 Å². The molecule has 0 radical (unpaired) electrons. The molecule has 6 nitrogen and oxygen atoms in total. The molecule has 0 aromatic carbocycles. The molecule has 0 bridgehead atoms. The van der Waals surface area contributed by atoms with Crippen molar-refractivity contribution in [1.29, 1.82) is 0 Å². The number of nitrogens with one attached hydrogen (secondary N) is 1. The molecule has 1 amide bonds. The van der Waals surface area contributed by atoms with E-state index in [1.165, 1.54) is 0 Å². The summed E-state index contributed by atoms with van der Waals surface area (Å²) >= 11 is 0. The SMILES string of the molecule is CC(C)c1noc(C2CCN(C(=O)C3C=CCN3)CC2)n1.Cl. The molecule has 1 aromatic rings. The average Bonchev–Trinajstić information content (AvgIpc) is 3.18. The van der Waals surface area contributed by atoms with Gasteiger partial charge in [-0.15, -0.1) is 12.4 Å². The lowest BCUT2D eigenvalue weighted by Gasteiger charge is -2.31. The van der Waals surface area contributed by atoms with Crippen LogP contribution in [0.25, 0.3) is 0 Å². The van der Waals surface area contributed by atoms with Crippen LogP contribution in [0, 0.1) is 0 Å². The first kappa shape index (κ1) is 17.0. The summed E-state index contributed by atoms with van der Waals surface area (Å²) in [6.07, 6.45) is 5.73. The van der Waals surface area contributed by atoms with Gasteiger partial charge in [0.05, 0.1) is 0 Å². The third-order valence-electron chi connectivity index (χ3n) is 4.18.